The lowest BCUT2D eigenvalue weighted by Crippen LogP contribution is -2.46. The van der Waals surface area contributed by atoms with Crippen molar-refractivity contribution in [2.24, 2.45) is 0 Å². The molecule has 3 nitrogen and oxygen atoms in total. The normalized spacial score (nSPS) is 23.5. The molecule has 0 atom stereocenters. The molecule has 0 unspecified atom stereocenters. The van der Waals surface area contributed by atoms with Crippen LogP contribution in [0.1, 0.15) is 65.7 Å². The molecule has 0 heterocycles. The van der Waals surface area contributed by atoms with Gasteiger partial charge in [-0.15, -0.1) is 0 Å². The van der Waals surface area contributed by atoms with Gasteiger partial charge in [-0.1, -0.05) is 19.3 Å². The van der Waals surface area contributed by atoms with Crippen LogP contribution in [0.15, 0.2) is 0 Å². The van der Waals surface area contributed by atoms with Crippen LogP contribution in [0, 0.1) is 0 Å². The molecule has 0 aliphatic heterocycles. The smallest absolute Gasteiger partial charge is 0.0807 e. The highest BCUT2D eigenvalue weighted by Crippen LogP contribution is 2.32. The lowest BCUT2D eigenvalue weighted by atomic mass is 9.84. The van der Waals surface area contributed by atoms with E-state index >= 15 is 0 Å². The van der Waals surface area contributed by atoms with Gasteiger partial charge in [0.15, 0.2) is 0 Å². The molecule has 0 aromatic heterocycles. The van der Waals surface area contributed by atoms with Gasteiger partial charge >= 0.3 is 0 Å². The number of ether oxygens (including phenoxy) is 2. The van der Waals surface area contributed by atoms with Crippen LogP contribution in [0.25, 0.3) is 0 Å². The number of hydrogen-bond acceptors (Lipinski definition) is 3. The Bertz CT molecular complexity index is 262. The van der Waals surface area contributed by atoms with Gasteiger partial charge in [-0.2, -0.15) is 0 Å². The van der Waals surface area contributed by atoms with Gasteiger partial charge < -0.3 is 14.8 Å². The summed E-state index contributed by atoms with van der Waals surface area (Å²) in [7, 11) is 0. The third-order valence-electron chi connectivity index (χ3n) is 4.08. The van der Waals surface area contributed by atoms with Crippen molar-refractivity contribution in [3.63, 3.8) is 0 Å². The Kier molecular flexibility index (Phi) is 5.27. The monoisotopic (exact) mass is 269 g/mol. The van der Waals surface area contributed by atoms with Crippen LogP contribution in [0.3, 0.4) is 0 Å². The predicted molar refractivity (Wildman–Crippen MR) is 78.5 cm³/mol. The first-order valence-corrected chi connectivity index (χ1v) is 8.00. The maximum absolute atomic E-state index is 6.26. The Hall–Kier alpha value is -0.120. The molecule has 2 aliphatic carbocycles. The highest BCUT2D eigenvalue weighted by Gasteiger charge is 2.34. The molecule has 2 saturated carbocycles. The van der Waals surface area contributed by atoms with Crippen LogP contribution in [-0.2, 0) is 9.47 Å². The van der Waals surface area contributed by atoms with Gasteiger partial charge in [0.2, 0.25) is 0 Å². The average Bonchev–Trinajstić information content (AvgIpc) is 3.17. The molecule has 1 N–H and O–H groups in total. The van der Waals surface area contributed by atoms with Crippen LogP contribution in [0.5, 0.6) is 0 Å². The minimum absolute atomic E-state index is 0.0602. The van der Waals surface area contributed by atoms with Gasteiger partial charge in [0, 0.05) is 12.6 Å². The van der Waals surface area contributed by atoms with Crippen molar-refractivity contribution in [2.45, 2.75) is 83.0 Å². The van der Waals surface area contributed by atoms with Crippen molar-refractivity contribution in [1.29, 1.82) is 0 Å². The topological polar surface area (TPSA) is 30.5 Å². The Labute approximate surface area is 118 Å². The molecule has 0 aromatic carbocycles. The molecular weight excluding hydrogens is 238 g/mol. The van der Waals surface area contributed by atoms with Crippen LogP contribution in [0.4, 0.5) is 0 Å². The Morgan fingerprint density at radius 3 is 2.32 bits per heavy atom. The fourth-order valence-corrected chi connectivity index (χ4v) is 2.79. The van der Waals surface area contributed by atoms with E-state index in [2.05, 4.69) is 26.1 Å². The second kappa shape index (κ2) is 6.55. The standard InChI is InChI=1S/C16H31NO2/c1-15(2,3)18-11-12-19-16(9-5-4-6-10-16)13-17-14-7-8-14/h14,17H,4-13H2,1-3H3. The minimum atomic E-state index is -0.0602. The summed E-state index contributed by atoms with van der Waals surface area (Å²) in [5, 5.41) is 3.66. The quantitative estimate of drug-likeness (QED) is 0.720. The maximum atomic E-state index is 6.26. The first kappa shape index (κ1) is 15.3. The van der Waals surface area contributed by atoms with E-state index in [1.807, 2.05) is 0 Å². The molecule has 3 heteroatoms. The first-order valence-electron chi connectivity index (χ1n) is 8.00. The van der Waals surface area contributed by atoms with Crippen molar-refractivity contribution >= 4 is 0 Å². The summed E-state index contributed by atoms with van der Waals surface area (Å²) >= 11 is 0. The molecule has 0 bridgehead atoms. The average molecular weight is 269 g/mol. The van der Waals surface area contributed by atoms with Crippen LogP contribution in [-0.4, -0.2) is 37.0 Å². The van der Waals surface area contributed by atoms with Crippen molar-refractivity contribution < 1.29 is 9.47 Å². The minimum Gasteiger partial charge on any atom is -0.373 e. The molecule has 0 saturated heterocycles. The Morgan fingerprint density at radius 2 is 1.74 bits per heavy atom. The molecule has 0 amide bonds. The van der Waals surface area contributed by atoms with Crippen LogP contribution < -0.4 is 5.32 Å². The van der Waals surface area contributed by atoms with E-state index in [9.17, 15) is 0 Å². The maximum Gasteiger partial charge on any atom is 0.0807 e. The summed E-state index contributed by atoms with van der Waals surface area (Å²) in [6.45, 7) is 8.75. The second-order valence-corrected chi connectivity index (χ2v) is 7.21. The van der Waals surface area contributed by atoms with Crippen LogP contribution >= 0.6 is 0 Å². The SMILES string of the molecule is CC(C)(C)OCCOC1(CNC2CC2)CCCCC1. The van der Waals surface area contributed by atoms with E-state index in [-0.39, 0.29) is 11.2 Å². The summed E-state index contributed by atoms with van der Waals surface area (Å²) in [5.74, 6) is 0. The molecule has 19 heavy (non-hydrogen) atoms. The molecular formula is C16H31NO2. The van der Waals surface area contributed by atoms with Gasteiger partial charge in [0.05, 0.1) is 24.4 Å². The summed E-state index contributed by atoms with van der Waals surface area (Å²) < 4.78 is 12.0. The summed E-state index contributed by atoms with van der Waals surface area (Å²) in [4.78, 5) is 0. The van der Waals surface area contributed by atoms with E-state index in [1.165, 1.54) is 44.9 Å². The lowest BCUT2D eigenvalue weighted by molar-refractivity contribution is -0.105. The fourth-order valence-electron chi connectivity index (χ4n) is 2.79. The molecule has 2 aliphatic rings. The second-order valence-electron chi connectivity index (χ2n) is 7.21. The molecule has 2 fully saturated rings. The van der Waals surface area contributed by atoms with Gasteiger partial charge in [-0.05, 0) is 46.5 Å². The largest absolute Gasteiger partial charge is 0.373 e. The van der Waals surface area contributed by atoms with Crippen LogP contribution in [0.2, 0.25) is 0 Å². The molecule has 2 rings (SSSR count). The van der Waals surface area contributed by atoms with Crippen molar-refractivity contribution in [2.75, 3.05) is 19.8 Å². The van der Waals surface area contributed by atoms with Gasteiger partial charge in [0.1, 0.15) is 0 Å². The molecule has 112 valence electrons. The van der Waals surface area contributed by atoms with E-state index < -0.39 is 0 Å². The van der Waals surface area contributed by atoms with E-state index in [4.69, 9.17) is 9.47 Å². The number of nitrogens with one attached hydrogen (secondary N) is 1. The summed E-state index contributed by atoms with van der Waals surface area (Å²) in [5.41, 5.74) is 0.0252. The van der Waals surface area contributed by atoms with Crippen molar-refractivity contribution in [3.05, 3.63) is 0 Å². The van der Waals surface area contributed by atoms with Gasteiger partial charge in [0.25, 0.3) is 0 Å². The van der Waals surface area contributed by atoms with E-state index in [0.717, 1.165) is 19.2 Å². The Morgan fingerprint density at radius 1 is 1.05 bits per heavy atom. The fraction of sp³-hybridized carbons (Fsp3) is 1.00. The highest BCUT2D eigenvalue weighted by atomic mass is 16.5. The van der Waals surface area contributed by atoms with E-state index in [0.29, 0.717) is 6.61 Å². The third kappa shape index (κ3) is 5.80. The van der Waals surface area contributed by atoms with E-state index in [1.54, 1.807) is 0 Å². The molecule has 0 spiro atoms. The summed E-state index contributed by atoms with van der Waals surface area (Å²) in [6, 6.07) is 0.772. The van der Waals surface area contributed by atoms with Crippen molar-refractivity contribution in [3.8, 4) is 0 Å². The van der Waals surface area contributed by atoms with Gasteiger partial charge in [-0.3, -0.25) is 0 Å². The molecule has 0 aromatic rings. The number of rotatable bonds is 7. The number of hydrogen-bond donors (Lipinski definition) is 1. The summed E-state index contributed by atoms with van der Waals surface area (Å²) in [6.07, 6.45) is 9.11. The zero-order valence-corrected chi connectivity index (χ0v) is 13.0. The molecule has 0 radical (unpaired) electrons. The predicted octanol–water partition coefficient (Wildman–Crippen LogP) is 3.27. The highest BCUT2D eigenvalue weighted by molar-refractivity contribution is 4.91. The van der Waals surface area contributed by atoms with Gasteiger partial charge in [-0.25, -0.2) is 0 Å². The third-order valence-corrected chi connectivity index (χ3v) is 4.08. The zero-order valence-electron chi connectivity index (χ0n) is 13.0. The van der Waals surface area contributed by atoms with Crippen molar-refractivity contribution in [1.82, 2.24) is 5.32 Å². The Balaban J connectivity index is 1.72. The first-order chi connectivity index (χ1) is 8.99. The lowest BCUT2D eigenvalue weighted by Gasteiger charge is -2.38. The zero-order chi connectivity index (χ0) is 13.8.